The molecule has 6 nitrogen and oxygen atoms in total. The number of ether oxygens (including phenoxy) is 1. The third kappa shape index (κ3) is 4.65. The summed E-state index contributed by atoms with van der Waals surface area (Å²) >= 11 is 15.4. The zero-order valence-electron chi connectivity index (χ0n) is 16.1. The van der Waals surface area contributed by atoms with Crippen LogP contribution in [0, 0.1) is 6.92 Å². The van der Waals surface area contributed by atoms with Gasteiger partial charge in [-0.15, -0.1) is 0 Å². The number of piperazine rings is 1. The number of benzene rings is 1. The molecule has 1 aromatic carbocycles. The van der Waals surface area contributed by atoms with Gasteiger partial charge < -0.3 is 14.5 Å². The van der Waals surface area contributed by atoms with Gasteiger partial charge >= 0.3 is 6.18 Å². The van der Waals surface area contributed by atoms with E-state index in [1.54, 1.807) is 11.0 Å². The predicted molar refractivity (Wildman–Crippen MR) is 111 cm³/mol. The summed E-state index contributed by atoms with van der Waals surface area (Å²) in [5.41, 5.74) is -0.193. The Labute approximate surface area is 189 Å². The molecule has 1 aliphatic rings. The third-order valence-electron chi connectivity index (χ3n) is 4.88. The van der Waals surface area contributed by atoms with Crippen molar-refractivity contribution in [2.75, 3.05) is 38.2 Å². The van der Waals surface area contributed by atoms with Crippen LogP contribution < -0.4 is 9.64 Å². The summed E-state index contributed by atoms with van der Waals surface area (Å²) in [6, 6.07) is 3.56. The number of carbonyl (C=O) groups excluding carboxylic acids is 1. The normalized spacial score (nSPS) is 14.9. The van der Waals surface area contributed by atoms with E-state index in [0.29, 0.717) is 37.0 Å². The van der Waals surface area contributed by atoms with E-state index < -0.39 is 16.9 Å². The summed E-state index contributed by atoms with van der Waals surface area (Å²) in [4.78, 5) is 16.3. The molecular formula is C18H18BrCl2F3N4O2. The Bertz CT molecular complexity index is 960. The maximum absolute atomic E-state index is 13.0. The van der Waals surface area contributed by atoms with Gasteiger partial charge in [0.05, 0.1) is 28.5 Å². The molecule has 2 heterocycles. The predicted octanol–water partition coefficient (Wildman–Crippen LogP) is 4.64. The Morgan fingerprint density at radius 2 is 1.87 bits per heavy atom. The average Bonchev–Trinajstić information content (AvgIpc) is 2.97. The molecule has 1 amide bonds. The Balaban J connectivity index is 1.67. The lowest BCUT2D eigenvalue weighted by Gasteiger charge is -2.36. The molecule has 1 fully saturated rings. The average molecular weight is 530 g/mol. The Morgan fingerprint density at radius 3 is 2.40 bits per heavy atom. The van der Waals surface area contributed by atoms with Crippen molar-refractivity contribution in [2.45, 2.75) is 19.6 Å². The molecule has 164 valence electrons. The van der Waals surface area contributed by atoms with Crippen LogP contribution in [0.5, 0.6) is 5.75 Å². The van der Waals surface area contributed by atoms with Crippen LogP contribution in [0.2, 0.25) is 10.0 Å². The van der Waals surface area contributed by atoms with E-state index >= 15 is 0 Å². The topological polar surface area (TPSA) is 50.6 Å². The fraction of sp³-hybridized carbons (Fsp3) is 0.444. The van der Waals surface area contributed by atoms with Crippen LogP contribution in [-0.4, -0.2) is 53.9 Å². The minimum Gasteiger partial charge on any atom is -0.495 e. The van der Waals surface area contributed by atoms with Gasteiger partial charge in [0.2, 0.25) is 5.91 Å². The van der Waals surface area contributed by atoms with E-state index in [2.05, 4.69) is 25.9 Å². The van der Waals surface area contributed by atoms with E-state index in [4.69, 9.17) is 27.9 Å². The Kier molecular flexibility index (Phi) is 6.78. The van der Waals surface area contributed by atoms with Gasteiger partial charge in [-0.1, -0.05) is 23.2 Å². The maximum Gasteiger partial charge on any atom is 0.436 e. The second-order valence-corrected chi connectivity index (χ2v) is 8.35. The first kappa shape index (κ1) is 23.0. The number of aromatic nitrogens is 2. The number of hydrogen-bond donors (Lipinski definition) is 0. The summed E-state index contributed by atoms with van der Waals surface area (Å²) in [6.07, 6.45) is -4.67. The number of hydrogen-bond acceptors (Lipinski definition) is 4. The molecule has 0 aliphatic carbocycles. The minimum atomic E-state index is -4.67. The molecule has 0 saturated carbocycles. The smallest absolute Gasteiger partial charge is 0.436 e. The van der Waals surface area contributed by atoms with Gasteiger partial charge in [0.1, 0.15) is 12.3 Å². The number of amides is 1. The van der Waals surface area contributed by atoms with E-state index in [1.807, 2.05) is 6.07 Å². The number of rotatable bonds is 4. The van der Waals surface area contributed by atoms with E-state index in [-0.39, 0.29) is 18.1 Å². The van der Waals surface area contributed by atoms with Crippen molar-refractivity contribution in [3.05, 3.63) is 38.0 Å². The molecule has 0 atom stereocenters. The number of carbonyl (C=O) groups is 1. The first-order valence-corrected chi connectivity index (χ1v) is 10.4. The van der Waals surface area contributed by atoms with Crippen LogP contribution in [0.25, 0.3) is 0 Å². The van der Waals surface area contributed by atoms with Crippen molar-refractivity contribution in [3.63, 3.8) is 0 Å². The highest BCUT2D eigenvalue weighted by molar-refractivity contribution is 9.10. The van der Waals surface area contributed by atoms with Crippen molar-refractivity contribution < 1.29 is 22.7 Å². The molecule has 2 aromatic rings. The highest BCUT2D eigenvalue weighted by Gasteiger charge is 2.38. The fourth-order valence-corrected chi connectivity index (χ4v) is 4.41. The lowest BCUT2D eigenvalue weighted by atomic mass is 10.2. The number of anilines is 1. The van der Waals surface area contributed by atoms with Crippen molar-refractivity contribution >= 4 is 50.7 Å². The Hall–Kier alpha value is -1.65. The fourth-order valence-electron chi connectivity index (χ4n) is 3.20. The number of methoxy groups -OCH3 is 1. The van der Waals surface area contributed by atoms with Gasteiger partial charge in [0, 0.05) is 36.7 Å². The monoisotopic (exact) mass is 528 g/mol. The van der Waals surface area contributed by atoms with Crippen molar-refractivity contribution in [1.29, 1.82) is 0 Å². The van der Waals surface area contributed by atoms with Gasteiger partial charge in [0.25, 0.3) is 0 Å². The number of nitrogens with zero attached hydrogens (tertiary/aromatic N) is 4. The quantitative estimate of drug-likeness (QED) is 0.579. The van der Waals surface area contributed by atoms with E-state index in [0.717, 1.165) is 14.8 Å². The minimum absolute atomic E-state index is 0.105. The molecule has 0 radical (unpaired) electrons. The van der Waals surface area contributed by atoms with Crippen LogP contribution in [0.3, 0.4) is 0 Å². The largest absolute Gasteiger partial charge is 0.495 e. The second kappa shape index (κ2) is 8.84. The number of halogens is 6. The molecular weight excluding hydrogens is 512 g/mol. The van der Waals surface area contributed by atoms with Crippen molar-refractivity contribution in [2.24, 2.45) is 0 Å². The molecule has 3 rings (SSSR count). The Morgan fingerprint density at radius 1 is 1.23 bits per heavy atom. The maximum atomic E-state index is 13.0. The van der Waals surface area contributed by atoms with Crippen molar-refractivity contribution in [3.8, 4) is 5.75 Å². The highest BCUT2D eigenvalue weighted by atomic mass is 79.9. The first-order chi connectivity index (χ1) is 14.0. The molecule has 1 aromatic heterocycles. The van der Waals surface area contributed by atoms with Gasteiger partial charge in [0.15, 0.2) is 5.69 Å². The standard InChI is InChI=1S/C18H18BrCl2F3N4O2/c1-10-16(21)17(18(22,23)24)25-28(10)9-15(29)27-5-3-26(4-6-27)13-8-14(30-2)12(20)7-11(13)19/h7-8H,3-6,9H2,1-2H3. The van der Waals surface area contributed by atoms with Crippen LogP contribution in [0.15, 0.2) is 16.6 Å². The lowest BCUT2D eigenvalue weighted by molar-refractivity contribution is -0.142. The van der Waals surface area contributed by atoms with Crippen LogP contribution in [-0.2, 0) is 17.5 Å². The summed E-state index contributed by atoms with van der Waals surface area (Å²) in [5, 5.41) is 3.48. The number of alkyl halides is 3. The van der Waals surface area contributed by atoms with Crippen LogP contribution >= 0.6 is 39.1 Å². The van der Waals surface area contributed by atoms with Gasteiger partial charge in [-0.3, -0.25) is 9.48 Å². The molecule has 0 bridgehead atoms. The first-order valence-electron chi connectivity index (χ1n) is 8.88. The zero-order valence-corrected chi connectivity index (χ0v) is 19.2. The molecule has 12 heteroatoms. The molecule has 30 heavy (non-hydrogen) atoms. The summed E-state index contributed by atoms with van der Waals surface area (Å²) < 4.78 is 46.0. The van der Waals surface area contributed by atoms with Gasteiger partial charge in [-0.2, -0.15) is 18.3 Å². The molecule has 1 aliphatic heterocycles. The van der Waals surface area contributed by atoms with Crippen molar-refractivity contribution in [1.82, 2.24) is 14.7 Å². The second-order valence-electron chi connectivity index (χ2n) is 6.71. The summed E-state index contributed by atoms with van der Waals surface area (Å²) in [7, 11) is 1.53. The SMILES string of the molecule is COc1cc(N2CCN(C(=O)Cn3nc(C(F)(F)F)c(Cl)c3C)CC2)c(Br)cc1Cl. The van der Waals surface area contributed by atoms with Gasteiger partial charge in [-0.25, -0.2) is 0 Å². The molecule has 0 N–H and O–H groups in total. The zero-order chi connectivity index (χ0) is 22.2. The lowest BCUT2D eigenvalue weighted by Crippen LogP contribution is -2.49. The van der Waals surface area contributed by atoms with E-state index in [1.165, 1.54) is 14.0 Å². The molecule has 0 unspecified atom stereocenters. The van der Waals surface area contributed by atoms with E-state index in [9.17, 15) is 18.0 Å². The summed E-state index contributed by atoms with van der Waals surface area (Å²) in [5.74, 6) is 0.221. The van der Waals surface area contributed by atoms with Gasteiger partial charge in [-0.05, 0) is 28.9 Å². The highest BCUT2D eigenvalue weighted by Crippen LogP contribution is 2.37. The third-order valence-corrected chi connectivity index (χ3v) is 6.26. The van der Waals surface area contributed by atoms with Crippen LogP contribution in [0.1, 0.15) is 11.4 Å². The van der Waals surface area contributed by atoms with Crippen LogP contribution in [0.4, 0.5) is 18.9 Å². The molecule has 1 saturated heterocycles. The summed E-state index contributed by atoms with van der Waals surface area (Å²) in [6.45, 7) is 3.01. The molecule has 0 spiro atoms.